The number of aromatic nitrogens is 2. The molecule has 0 unspecified atom stereocenters. The van der Waals surface area contributed by atoms with E-state index in [4.69, 9.17) is 0 Å². The quantitative estimate of drug-likeness (QED) is 0.926. The van der Waals surface area contributed by atoms with E-state index in [1.807, 2.05) is 0 Å². The number of halogens is 3. The normalized spacial score (nSPS) is 20.6. The molecule has 0 spiro atoms. The monoisotopic (exact) mass is 313 g/mol. The molecule has 120 valence electrons. The van der Waals surface area contributed by atoms with E-state index in [9.17, 15) is 18.0 Å². The Balaban J connectivity index is 1.99. The van der Waals surface area contributed by atoms with Gasteiger partial charge in [0.05, 0.1) is 11.1 Å². The van der Waals surface area contributed by atoms with Crippen LogP contribution in [0.3, 0.4) is 0 Å². The molecule has 1 aliphatic heterocycles. The average Bonchev–Trinajstić information content (AvgIpc) is 2.79. The molecule has 3 heterocycles. The SMILES string of the molecule is C[C@H]1CCCN(Cc2cc(C(F)(F)F)c3c[nH]c(=O)n3c2)C1. The zero-order valence-electron chi connectivity index (χ0n) is 12.3. The number of nitrogens with zero attached hydrogens (tertiary/aromatic N) is 2. The lowest BCUT2D eigenvalue weighted by Gasteiger charge is -2.31. The van der Waals surface area contributed by atoms with Crippen molar-refractivity contribution in [2.45, 2.75) is 32.5 Å². The topological polar surface area (TPSA) is 40.5 Å². The van der Waals surface area contributed by atoms with Crippen LogP contribution in [0, 0.1) is 5.92 Å². The molecule has 0 amide bonds. The molecule has 0 radical (unpaired) electrons. The summed E-state index contributed by atoms with van der Waals surface area (Å²) in [5.74, 6) is 0.551. The minimum atomic E-state index is -4.48. The third-order valence-corrected chi connectivity index (χ3v) is 4.16. The summed E-state index contributed by atoms with van der Waals surface area (Å²) in [6.07, 6.45) is 0.339. The van der Waals surface area contributed by atoms with Gasteiger partial charge in [-0.15, -0.1) is 0 Å². The minimum absolute atomic E-state index is 0.131. The van der Waals surface area contributed by atoms with Crippen LogP contribution in [0.25, 0.3) is 5.52 Å². The minimum Gasteiger partial charge on any atom is -0.312 e. The van der Waals surface area contributed by atoms with Gasteiger partial charge in [0.15, 0.2) is 0 Å². The summed E-state index contributed by atoms with van der Waals surface area (Å²) in [5.41, 5.74) is -0.938. The first-order chi connectivity index (χ1) is 10.3. The van der Waals surface area contributed by atoms with Gasteiger partial charge in [0.1, 0.15) is 0 Å². The lowest BCUT2D eigenvalue weighted by molar-refractivity contribution is -0.136. The van der Waals surface area contributed by atoms with Gasteiger partial charge in [0, 0.05) is 25.5 Å². The van der Waals surface area contributed by atoms with Crippen LogP contribution >= 0.6 is 0 Å². The maximum atomic E-state index is 13.2. The second-order valence-corrected chi connectivity index (χ2v) is 6.09. The number of piperidine rings is 1. The van der Waals surface area contributed by atoms with Crippen LogP contribution in [-0.2, 0) is 12.7 Å². The summed E-state index contributed by atoms with van der Waals surface area (Å²) in [5, 5.41) is 0. The van der Waals surface area contributed by atoms with Crippen molar-refractivity contribution < 1.29 is 13.2 Å². The van der Waals surface area contributed by atoms with Crippen molar-refractivity contribution >= 4 is 5.52 Å². The number of H-pyrrole nitrogens is 1. The molecule has 22 heavy (non-hydrogen) atoms. The molecule has 2 aromatic rings. The largest absolute Gasteiger partial charge is 0.418 e. The van der Waals surface area contributed by atoms with Crippen LogP contribution in [0.1, 0.15) is 30.9 Å². The molecule has 1 aliphatic rings. The molecule has 3 rings (SSSR count). The number of hydrogen-bond donors (Lipinski definition) is 1. The first kappa shape index (κ1) is 15.1. The van der Waals surface area contributed by atoms with Crippen LogP contribution in [-0.4, -0.2) is 27.4 Å². The lowest BCUT2D eigenvalue weighted by Crippen LogP contribution is -2.34. The van der Waals surface area contributed by atoms with E-state index in [2.05, 4.69) is 16.8 Å². The molecular formula is C15H18F3N3O. The molecular weight excluding hydrogens is 295 g/mol. The van der Waals surface area contributed by atoms with E-state index in [0.717, 1.165) is 42.6 Å². The van der Waals surface area contributed by atoms with Gasteiger partial charge in [0.25, 0.3) is 0 Å². The molecule has 7 heteroatoms. The van der Waals surface area contributed by atoms with Crippen molar-refractivity contribution in [2.75, 3.05) is 13.1 Å². The second-order valence-electron chi connectivity index (χ2n) is 6.09. The predicted octanol–water partition coefficient (Wildman–Crippen LogP) is 2.88. The molecule has 4 nitrogen and oxygen atoms in total. The highest BCUT2D eigenvalue weighted by atomic mass is 19.4. The predicted molar refractivity (Wildman–Crippen MR) is 76.7 cm³/mol. The highest BCUT2D eigenvalue weighted by Gasteiger charge is 2.34. The standard InChI is InChI=1S/C15H18F3N3O/c1-10-3-2-4-20(7-10)8-11-5-12(15(16,17)18)13-6-19-14(22)21(13)9-11/h5-6,9-10H,2-4,7-8H2,1H3,(H,19,22)/t10-/m0/s1. The Morgan fingerprint density at radius 2 is 2.18 bits per heavy atom. The number of imidazole rings is 1. The van der Waals surface area contributed by atoms with Crippen molar-refractivity contribution in [3.8, 4) is 0 Å². The number of pyridine rings is 1. The van der Waals surface area contributed by atoms with E-state index in [1.165, 1.54) is 6.20 Å². The Kier molecular flexibility index (Phi) is 3.76. The van der Waals surface area contributed by atoms with Gasteiger partial charge < -0.3 is 4.98 Å². The maximum absolute atomic E-state index is 13.2. The van der Waals surface area contributed by atoms with Gasteiger partial charge in [-0.1, -0.05) is 6.92 Å². The molecule has 0 saturated carbocycles. The number of alkyl halides is 3. The zero-order chi connectivity index (χ0) is 15.9. The van der Waals surface area contributed by atoms with Gasteiger partial charge in [-0.2, -0.15) is 13.2 Å². The van der Waals surface area contributed by atoms with Crippen LogP contribution in [0.15, 0.2) is 23.3 Å². The third-order valence-electron chi connectivity index (χ3n) is 4.16. The van der Waals surface area contributed by atoms with Gasteiger partial charge in [-0.3, -0.25) is 9.30 Å². The van der Waals surface area contributed by atoms with Gasteiger partial charge in [0.2, 0.25) is 0 Å². The average molecular weight is 313 g/mol. The summed E-state index contributed by atoms with van der Waals surface area (Å²) >= 11 is 0. The van der Waals surface area contributed by atoms with Crippen molar-refractivity contribution in [1.82, 2.24) is 14.3 Å². The first-order valence-corrected chi connectivity index (χ1v) is 7.37. The van der Waals surface area contributed by atoms with Crippen LogP contribution in [0.2, 0.25) is 0 Å². The van der Waals surface area contributed by atoms with Gasteiger partial charge >= 0.3 is 11.9 Å². The summed E-state index contributed by atoms with van der Waals surface area (Å²) in [7, 11) is 0. The molecule has 1 atom stereocenters. The fourth-order valence-corrected chi connectivity index (χ4v) is 3.18. The molecule has 0 bridgehead atoms. The molecule has 1 N–H and O–H groups in total. The number of hydrogen-bond acceptors (Lipinski definition) is 2. The van der Waals surface area contributed by atoms with E-state index >= 15 is 0 Å². The summed E-state index contributed by atoms with van der Waals surface area (Å²) in [6, 6.07) is 1.15. The number of nitrogens with one attached hydrogen (secondary N) is 1. The second kappa shape index (κ2) is 5.46. The van der Waals surface area contributed by atoms with Gasteiger partial charge in [-0.05, 0) is 36.9 Å². The van der Waals surface area contributed by atoms with Crippen molar-refractivity contribution in [1.29, 1.82) is 0 Å². The Morgan fingerprint density at radius 1 is 1.41 bits per heavy atom. The van der Waals surface area contributed by atoms with E-state index in [1.54, 1.807) is 0 Å². The Morgan fingerprint density at radius 3 is 2.86 bits per heavy atom. The molecule has 1 fully saturated rings. The molecule has 0 aromatic carbocycles. The van der Waals surface area contributed by atoms with Crippen molar-refractivity contribution in [3.63, 3.8) is 0 Å². The Labute approximate surface area is 125 Å². The van der Waals surface area contributed by atoms with Crippen molar-refractivity contribution in [3.05, 3.63) is 40.1 Å². The highest BCUT2D eigenvalue weighted by molar-refractivity contribution is 5.55. The van der Waals surface area contributed by atoms with Crippen LogP contribution in [0.4, 0.5) is 13.2 Å². The smallest absolute Gasteiger partial charge is 0.312 e. The van der Waals surface area contributed by atoms with Crippen molar-refractivity contribution in [2.24, 2.45) is 5.92 Å². The summed E-state index contributed by atoms with van der Waals surface area (Å²) in [6.45, 7) is 4.33. The fraction of sp³-hybridized carbons (Fsp3) is 0.533. The number of fused-ring (bicyclic) bond motifs is 1. The number of aromatic amines is 1. The summed E-state index contributed by atoms with van der Waals surface area (Å²) in [4.78, 5) is 16.1. The summed E-state index contributed by atoms with van der Waals surface area (Å²) < 4.78 is 40.7. The third kappa shape index (κ3) is 2.90. The first-order valence-electron chi connectivity index (χ1n) is 7.37. The van der Waals surface area contributed by atoms with E-state index in [0.29, 0.717) is 18.0 Å². The lowest BCUT2D eigenvalue weighted by atomic mass is 10.00. The van der Waals surface area contributed by atoms with Crippen LogP contribution < -0.4 is 5.69 Å². The van der Waals surface area contributed by atoms with E-state index in [-0.39, 0.29) is 5.52 Å². The van der Waals surface area contributed by atoms with Crippen LogP contribution in [0.5, 0.6) is 0 Å². The Hall–Kier alpha value is -1.76. The highest BCUT2D eigenvalue weighted by Crippen LogP contribution is 2.33. The zero-order valence-corrected chi connectivity index (χ0v) is 12.3. The maximum Gasteiger partial charge on any atom is 0.418 e. The molecule has 2 aromatic heterocycles. The number of likely N-dealkylation sites (tertiary alicyclic amines) is 1. The number of rotatable bonds is 2. The molecule has 0 aliphatic carbocycles. The molecule has 1 saturated heterocycles. The fourth-order valence-electron chi connectivity index (χ4n) is 3.18. The van der Waals surface area contributed by atoms with Gasteiger partial charge in [-0.25, -0.2) is 4.79 Å². The van der Waals surface area contributed by atoms with E-state index < -0.39 is 17.4 Å². The Bertz CT molecular complexity index is 732.